The normalized spacial score (nSPS) is 15.5. The third-order valence-corrected chi connectivity index (χ3v) is 6.19. The van der Waals surface area contributed by atoms with Crippen molar-refractivity contribution in [1.82, 2.24) is 29.5 Å². The highest BCUT2D eigenvalue weighted by Crippen LogP contribution is 2.28. The Hall–Kier alpha value is -4.86. The number of aromatic nitrogens is 6. The van der Waals surface area contributed by atoms with Crippen molar-refractivity contribution in [3.8, 4) is 11.5 Å². The first-order valence-electron chi connectivity index (χ1n) is 11.6. The maximum Gasteiger partial charge on any atom is 0.230 e. The number of hydrogen-bond donors (Lipinski definition) is 1. The van der Waals surface area contributed by atoms with Crippen LogP contribution in [0.15, 0.2) is 79.3 Å². The lowest BCUT2D eigenvalue weighted by atomic mass is 10.1. The molecule has 3 aromatic heterocycles. The molecule has 36 heavy (non-hydrogen) atoms. The van der Waals surface area contributed by atoms with Gasteiger partial charge in [0.25, 0.3) is 0 Å². The number of fused-ring (bicyclic) bond motifs is 1. The monoisotopic (exact) mass is 478 g/mol. The van der Waals surface area contributed by atoms with Crippen LogP contribution >= 0.6 is 0 Å². The summed E-state index contributed by atoms with van der Waals surface area (Å²) in [4.78, 5) is 36.3. The smallest absolute Gasteiger partial charge is 0.230 e. The summed E-state index contributed by atoms with van der Waals surface area (Å²) in [7, 11) is 0. The van der Waals surface area contributed by atoms with Gasteiger partial charge in [-0.05, 0) is 31.2 Å². The summed E-state index contributed by atoms with van der Waals surface area (Å²) in [5, 5.41) is 12.7. The molecule has 1 atom stereocenters. The van der Waals surface area contributed by atoms with Crippen LogP contribution in [-0.4, -0.2) is 47.9 Å². The number of benzene rings is 2. The first-order chi connectivity index (χ1) is 17.6. The van der Waals surface area contributed by atoms with Gasteiger partial charge in [-0.1, -0.05) is 36.4 Å². The topological polar surface area (TPSA) is 111 Å². The van der Waals surface area contributed by atoms with Crippen molar-refractivity contribution in [2.24, 2.45) is 5.92 Å². The molecule has 0 spiro atoms. The van der Waals surface area contributed by atoms with Gasteiger partial charge < -0.3 is 10.2 Å². The minimum atomic E-state index is -0.479. The molecule has 1 N–H and O–H groups in total. The number of anilines is 2. The molecule has 0 saturated carbocycles. The van der Waals surface area contributed by atoms with Crippen LogP contribution in [0.5, 0.6) is 0 Å². The zero-order chi connectivity index (χ0) is 24.6. The van der Waals surface area contributed by atoms with E-state index in [1.54, 1.807) is 26.5 Å². The first kappa shape index (κ1) is 21.7. The SMILES string of the molecule is Cc1cc(NC(=O)C2CC(=O)N(c3ccccc3)C2)n(-c2ncnc3c2cnn3-c2ccccc2)n1. The van der Waals surface area contributed by atoms with E-state index in [1.807, 2.05) is 67.6 Å². The maximum atomic E-state index is 13.2. The summed E-state index contributed by atoms with van der Waals surface area (Å²) in [6.45, 7) is 2.16. The number of hydrogen-bond acceptors (Lipinski definition) is 6. The summed E-state index contributed by atoms with van der Waals surface area (Å²) >= 11 is 0. The van der Waals surface area contributed by atoms with E-state index in [9.17, 15) is 9.59 Å². The van der Waals surface area contributed by atoms with E-state index in [1.165, 1.54) is 6.33 Å². The highest BCUT2D eigenvalue weighted by atomic mass is 16.2. The Morgan fingerprint density at radius 3 is 2.44 bits per heavy atom. The van der Waals surface area contributed by atoms with Gasteiger partial charge in [0.15, 0.2) is 11.5 Å². The lowest BCUT2D eigenvalue weighted by molar-refractivity contribution is -0.122. The standard InChI is InChI=1S/C26H22N8O2/c1-17-12-22(30-26(36)18-13-23(35)32(15-18)19-8-4-2-5-9-19)34(31-17)25-21-14-29-33(24(21)27-16-28-25)20-10-6-3-7-11-20/h2-12,14,16,18H,13,15H2,1H3,(H,30,36). The van der Waals surface area contributed by atoms with Crippen LogP contribution < -0.4 is 10.2 Å². The van der Waals surface area contributed by atoms with Crippen LogP contribution in [-0.2, 0) is 9.59 Å². The quantitative estimate of drug-likeness (QED) is 0.415. The van der Waals surface area contributed by atoms with Gasteiger partial charge >= 0.3 is 0 Å². The fourth-order valence-corrected chi connectivity index (χ4v) is 4.48. The van der Waals surface area contributed by atoms with Crippen LogP contribution in [0.3, 0.4) is 0 Å². The second kappa shape index (κ2) is 8.73. The molecule has 0 aliphatic carbocycles. The van der Waals surface area contributed by atoms with Gasteiger partial charge in [-0.2, -0.15) is 14.9 Å². The zero-order valence-corrected chi connectivity index (χ0v) is 19.4. The number of carbonyl (C=O) groups is 2. The molecule has 1 unspecified atom stereocenters. The van der Waals surface area contributed by atoms with Gasteiger partial charge in [0.05, 0.1) is 28.9 Å². The van der Waals surface area contributed by atoms with E-state index in [2.05, 4.69) is 25.5 Å². The number of nitrogens with one attached hydrogen (secondary N) is 1. The predicted octanol–water partition coefficient (Wildman–Crippen LogP) is 3.30. The highest BCUT2D eigenvalue weighted by molar-refractivity contribution is 6.03. The number of amides is 2. The van der Waals surface area contributed by atoms with Gasteiger partial charge in [-0.15, -0.1) is 0 Å². The number of carbonyl (C=O) groups excluding carboxylic acids is 2. The van der Waals surface area contributed by atoms with Crippen LogP contribution in [0, 0.1) is 12.8 Å². The Labute approximate surface area is 206 Å². The van der Waals surface area contributed by atoms with Gasteiger partial charge in [0.1, 0.15) is 12.1 Å². The summed E-state index contributed by atoms with van der Waals surface area (Å²) < 4.78 is 3.32. The van der Waals surface area contributed by atoms with Crippen LogP contribution in [0.25, 0.3) is 22.5 Å². The Bertz CT molecular complexity index is 1580. The van der Waals surface area contributed by atoms with Gasteiger partial charge in [0.2, 0.25) is 11.8 Å². The molecule has 1 aliphatic rings. The summed E-state index contributed by atoms with van der Waals surface area (Å²) in [5.74, 6) is 0.173. The van der Waals surface area contributed by atoms with E-state index >= 15 is 0 Å². The molecule has 6 rings (SSSR count). The lowest BCUT2D eigenvalue weighted by Gasteiger charge is -2.16. The molecule has 10 nitrogen and oxygen atoms in total. The molecule has 1 aliphatic heterocycles. The zero-order valence-electron chi connectivity index (χ0n) is 19.4. The van der Waals surface area contributed by atoms with E-state index in [4.69, 9.17) is 0 Å². The maximum absolute atomic E-state index is 13.2. The Balaban J connectivity index is 1.30. The van der Waals surface area contributed by atoms with E-state index in [0.717, 1.165) is 11.4 Å². The molecule has 1 saturated heterocycles. The molecular weight excluding hydrogens is 456 g/mol. The van der Waals surface area contributed by atoms with Gasteiger partial charge in [-0.3, -0.25) is 9.59 Å². The predicted molar refractivity (Wildman–Crippen MR) is 134 cm³/mol. The second-order valence-corrected chi connectivity index (χ2v) is 8.64. The average Bonchev–Trinajstić information content (AvgIpc) is 3.61. The molecule has 0 radical (unpaired) electrons. The van der Waals surface area contributed by atoms with Crippen LogP contribution in [0.2, 0.25) is 0 Å². The summed E-state index contributed by atoms with van der Waals surface area (Å²) in [6, 6.07) is 20.8. The van der Waals surface area contributed by atoms with E-state index in [0.29, 0.717) is 34.9 Å². The molecule has 2 amide bonds. The molecule has 10 heteroatoms. The molecule has 1 fully saturated rings. The van der Waals surface area contributed by atoms with Crippen LogP contribution in [0.4, 0.5) is 11.5 Å². The second-order valence-electron chi connectivity index (χ2n) is 8.64. The summed E-state index contributed by atoms with van der Waals surface area (Å²) in [5.41, 5.74) is 2.99. The minimum Gasteiger partial charge on any atom is -0.312 e. The summed E-state index contributed by atoms with van der Waals surface area (Å²) in [6.07, 6.45) is 3.29. The number of rotatable bonds is 5. The van der Waals surface area contributed by atoms with Crippen molar-refractivity contribution < 1.29 is 9.59 Å². The molecular formula is C26H22N8O2. The fraction of sp³-hybridized carbons (Fsp3) is 0.154. The van der Waals surface area contributed by atoms with Gasteiger partial charge in [0, 0.05) is 24.7 Å². The molecule has 4 heterocycles. The Morgan fingerprint density at radius 1 is 0.972 bits per heavy atom. The van der Waals surface area contributed by atoms with Crippen LogP contribution in [0.1, 0.15) is 12.1 Å². The molecule has 5 aromatic rings. The highest BCUT2D eigenvalue weighted by Gasteiger charge is 2.35. The largest absolute Gasteiger partial charge is 0.312 e. The van der Waals surface area contributed by atoms with Crippen molar-refractivity contribution in [2.75, 3.05) is 16.8 Å². The van der Waals surface area contributed by atoms with E-state index < -0.39 is 5.92 Å². The number of aryl methyl sites for hydroxylation is 1. The fourth-order valence-electron chi connectivity index (χ4n) is 4.48. The van der Waals surface area contributed by atoms with Crippen molar-refractivity contribution in [1.29, 1.82) is 0 Å². The third kappa shape index (κ3) is 3.78. The molecule has 0 bridgehead atoms. The average molecular weight is 479 g/mol. The van der Waals surface area contributed by atoms with Crippen molar-refractivity contribution in [3.63, 3.8) is 0 Å². The van der Waals surface area contributed by atoms with Crippen molar-refractivity contribution >= 4 is 34.4 Å². The van der Waals surface area contributed by atoms with Crippen molar-refractivity contribution in [3.05, 3.63) is 84.9 Å². The number of para-hydroxylation sites is 2. The third-order valence-electron chi connectivity index (χ3n) is 6.19. The Morgan fingerprint density at radius 2 is 1.69 bits per heavy atom. The van der Waals surface area contributed by atoms with E-state index in [-0.39, 0.29) is 18.2 Å². The Kier molecular flexibility index (Phi) is 5.25. The molecule has 2 aromatic carbocycles. The van der Waals surface area contributed by atoms with Gasteiger partial charge in [-0.25, -0.2) is 14.6 Å². The van der Waals surface area contributed by atoms with Crippen molar-refractivity contribution in [2.45, 2.75) is 13.3 Å². The minimum absolute atomic E-state index is 0.0723. The lowest BCUT2D eigenvalue weighted by Crippen LogP contribution is -2.28. The first-order valence-corrected chi connectivity index (χ1v) is 11.6. The number of nitrogens with zero attached hydrogens (tertiary/aromatic N) is 7. The molecule has 178 valence electrons.